The predicted molar refractivity (Wildman–Crippen MR) is 73.7 cm³/mol. The molecule has 2 rings (SSSR count). The fourth-order valence-electron chi connectivity index (χ4n) is 1.46. The third-order valence-corrected chi connectivity index (χ3v) is 2.91. The maximum Gasteiger partial charge on any atom is 0.148 e. The zero-order valence-electron chi connectivity index (χ0n) is 9.56. The van der Waals surface area contributed by atoms with E-state index in [-0.39, 0.29) is 5.84 Å². The molecule has 3 N–H and O–H groups in total. The molecule has 5 heteroatoms. The maximum absolute atomic E-state index is 7.45. The van der Waals surface area contributed by atoms with Gasteiger partial charge in [-0.1, -0.05) is 28.1 Å². The first-order chi connectivity index (χ1) is 8.66. The minimum absolute atomic E-state index is 0.0248. The number of benzene rings is 1. The number of amidine groups is 1. The van der Waals surface area contributed by atoms with Crippen LogP contribution >= 0.6 is 15.9 Å². The van der Waals surface area contributed by atoms with E-state index in [0.717, 1.165) is 10.0 Å². The van der Waals surface area contributed by atoms with Crippen LogP contribution in [-0.4, -0.2) is 10.8 Å². The molecule has 4 nitrogen and oxygen atoms in total. The first kappa shape index (κ1) is 12.6. The van der Waals surface area contributed by atoms with Gasteiger partial charge in [-0.05, 0) is 23.8 Å². The van der Waals surface area contributed by atoms with E-state index in [0.29, 0.717) is 17.9 Å². The highest BCUT2D eigenvalue weighted by Gasteiger charge is 2.06. The number of nitrogen functional groups attached to an aromatic ring is 1. The molecule has 0 aliphatic carbocycles. The van der Waals surface area contributed by atoms with Crippen LogP contribution in [0.2, 0.25) is 0 Å². The number of aromatic nitrogens is 1. The summed E-state index contributed by atoms with van der Waals surface area (Å²) in [6.07, 6.45) is 3.15. The molecular weight excluding hydrogens is 294 g/mol. The summed E-state index contributed by atoms with van der Waals surface area (Å²) in [7, 11) is 0. The van der Waals surface area contributed by atoms with Gasteiger partial charge in [0.1, 0.15) is 18.2 Å². The summed E-state index contributed by atoms with van der Waals surface area (Å²) in [6.45, 7) is 0.416. The molecule has 0 fully saturated rings. The minimum Gasteiger partial charge on any atom is -0.487 e. The number of pyridine rings is 1. The maximum atomic E-state index is 7.45. The summed E-state index contributed by atoms with van der Waals surface area (Å²) < 4.78 is 6.65. The molecule has 0 saturated heterocycles. The van der Waals surface area contributed by atoms with Crippen LogP contribution in [0.5, 0.6) is 5.75 Å². The second-order valence-corrected chi connectivity index (χ2v) is 4.62. The van der Waals surface area contributed by atoms with Crippen molar-refractivity contribution in [1.82, 2.24) is 4.98 Å². The average Bonchev–Trinajstić information content (AvgIpc) is 2.38. The zero-order chi connectivity index (χ0) is 13.0. The monoisotopic (exact) mass is 305 g/mol. The van der Waals surface area contributed by atoms with E-state index in [9.17, 15) is 0 Å². The van der Waals surface area contributed by atoms with Crippen molar-refractivity contribution in [2.75, 3.05) is 0 Å². The molecule has 0 aliphatic heterocycles. The number of rotatable bonds is 4. The summed E-state index contributed by atoms with van der Waals surface area (Å²) in [5, 5.41) is 7.45. The van der Waals surface area contributed by atoms with Gasteiger partial charge >= 0.3 is 0 Å². The number of hydrogen-bond acceptors (Lipinski definition) is 3. The van der Waals surface area contributed by atoms with Crippen molar-refractivity contribution in [1.29, 1.82) is 5.41 Å². The predicted octanol–water partition coefficient (Wildman–Crippen LogP) is 2.71. The standard InChI is InChI=1S/C13H12BrN3O/c14-10-3-1-9(2-4-10)8-18-12-7-17-6-5-11(12)13(15)16/h1-7H,8H2,(H3,15,16). The fourth-order valence-corrected chi connectivity index (χ4v) is 1.72. The van der Waals surface area contributed by atoms with E-state index in [1.54, 1.807) is 18.5 Å². The lowest BCUT2D eigenvalue weighted by Crippen LogP contribution is -2.13. The molecule has 2 aromatic rings. The van der Waals surface area contributed by atoms with E-state index in [4.69, 9.17) is 15.9 Å². The van der Waals surface area contributed by atoms with Crippen LogP contribution < -0.4 is 10.5 Å². The van der Waals surface area contributed by atoms with Crippen LogP contribution in [0.15, 0.2) is 47.2 Å². The van der Waals surface area contributed by atoms with Gasteiger partial charge < -0.3 is 10.5 Å². The highest BCUT2D eigenvalue weighted by Crippen LogP contribution is 2.18. The fraction of sp³-hybridized carbons (Fsp3) is 0.0769. The summed E-state index contributed by atoms with van der Waals surface area (Å²) in [5.41, 5.74) is 7.07. The molecule has 0 bridgehead atoms. The van der Waals surface area contributed by atoms with Gasteiger partial charge in [-0.15, -0.1) is 0 Å². The zero-order valence-corrected chi connectivity index (χ0v) is 11.1. The Bertz CT molecular complexity index is 554. The number of nitrogens with two attached hydrogens (primary N) is 1. The van der Waals surface area contributed by atoms with Crippen molar-refractivity contribution >= 4 is 21.8 Å². The Kier molecular flexibility index (Phi) is 3.94. The van der Waals surface area contributed by atoms with Gasteiger partial charge in [0.25, 0.3) is 0 Å². The number of nitrogens with zero attached hydrogens (tertiary/aromatic N) is 1. The molecule has 18 heavy (non-hydrogen) atoms. The lowest BCUT2D eigenvalue weighted by Gasteiger charge is -2.09. The largest absolute Gasteiger partial charge is 0.487 e. The van der Waals surface area contributed by atoms with Crippen molar-refractivity contribution in [3.63, 3.8) is 0 Å². The molecule has 92 valence electrons. The quantitative estimate of drug-likeness (QED) is 0.674. The molecule has 1 aromatic heterocycles. The molecule has 0 unspecified atom stereocenters. The molecule has 0 radical (unpaired) electrons. The average molecular weight is 306 g/mol. The lowest BCUT2D eigenvalue weighted by molar-refractivity contribution is 0.304. The highest BCUT2D eigenvalue weighted by molar-refractivity contribution is 9.10. The molecular formula is C13H12BrN3O. The molecule has 1 heterocycles. The lowest BCUT2D eigenvalue weighted by atomic mass is 10.2. The van der Waals surface area contributed by atoms with Crippen LogP contribution in [0.1, 0.15) is 11.1 Å². The topological polar surface area (TPSA) is 72.0 Å². The third-order valence-electron chi connectivity index (χ3n) is 2.38. The Morgan fingerprint density at radius 2 is 2.00 bits per heavy atom. The Morgan fingerprint density at radius 1 is 1.28 bits per heavy atom. The summed E-state index contributed by atoms with van der Waals surface area (Å²) in [6, 6.07) is 9.50. The Balaban J connectivity index is 2.10. The van der Waals surface area contributed by atoms with Crippen LogP contribution in [0.3, 0.4) is 0 Å². The Hall–Kier alpha value is -1.88. The number of nitrogens with one attached hydrogen (secondary N) is 1. The van der Waals surface area contributed by atoms with E-state index >= 15 is 0 Å². The summed E-state index contributed by atoms with van der Waals surface area (Å²) in [4.78, 5) is 3.97. The van der Waals surface area contributed by atoms with E-state index in [2.05, 4.69) is 20.9 Å². The van der Waals surface area contributed by atoms with Crippen molar-refractivity contribution < 1.29 is 4.74 Å². The summed E-state index contributed by atoms with van der Waals surface area (Å²) >= 11 is 3.38. The van der Waals surface area contributed by atoms with Crippen LogP contribution in [-0.2, 0) is 6.61 Å². The van der Waals surface area contributed by atoms with Gasteiger partial charge in [-0.2, -0.15) is 0 Å². The molecule has 0 spiro atoms. The van der Waals surface area contributed by atoms with Crippen molar-refractivity contribution in [2.24, 2.45) is 5.73 Å². The van der Waals surface area contributed by atoms with Gasteiger partial charge in [0, 0.05) is 10.7 Å². The smallest absolute Gasteiger partial charge is 0.148 e. The molecule has 0 aliphatic rings. The van der Waals surface area contributed by atoms with Crippen molar-refractivity contribution in [3.8, 4) is 5.75 Å². The Labute approximate surface area is 113 Å². The SMILES string of the molecule is N=C(N)c1ccncc1OCc1ccc(Br)cc1. The Morgan fingerprint density at radius 3 is 2.67 bits per heavy atom. The van der Waals surface area contributed by atoms with E-state index in [1.165, 1.54) is 0 Å². The number of ether oxygens (including phenoxy) is 1. The van der Waals surface area contributed by atoms with E-state index in [1.807, 2.05) is 24.3 Å². The number of hydrogen-bond donors (Lipinski definition) is 2. The second-order valence-electron chi connectivity index (χ2n) is 3.70. The van der Waals surface area contributed by atoms with Crippen molar-refractivity contribution in [2.45, 2.75) is 6.61 Å². The second kappa shape index (κ2) is 5.64. The van der Waals surface area contributed by atoms with Crippen LogP contribution in [0, 0.1) is 5.41 Å². The first-order valence-corrected chi connectivity index (χ1v) is 6.12. The van der Waals surface area contributed by atoms with Gasteiger partial charge in [0.2, 0.25) is 0 Å². The normalized spacial score (nSPS) is 10.1. The molecule has 0 atom stereocenters. The molecule has 0 saturated carbocycles. The number of halogens is 1. The first-order valence-electron chi connectivity index (χ1n) is 5.32. The minimum atomic E-state index is -0.0248. The summed E-state index contributed by atoms with van der Waals surface area (Å²) in [5.74, 6) is 0.496. The third kappa shape index (κ3) is 3.07. The van der Waals surface area contributed by atoms with Gasteiger partial charge in [-0.25, -0.2) is 0 Å². The van der Waals surface area contributed by atoms with E-state index < -0.39 is 0 Å². The molecule has 1 aromatic carbocycles. The van der Waals surface area contributed by atoms with Crippen LogP contribution in [0.4, 0.5) is 0 Å². The molecule has 0 amide bonds. The van der Waals surface area contributed by atoms with Gasteiger partial charge in [-0.3, -0.25) is 10.4 Å². The van der Waals surface area contributed by atoms with Crippen LogP contribution in [0.25, 0.3) is 0 Å². The van der Waals surface area contributed by atoms with Crippen molar-refractivity contribution in [3.05, 3.63) is 58.3 Å². The van der Waals surface area contributed by atoms with Gasteiger partial charge in [0.15, 0.2) is 0 Å². The van der Waals surface area contributed by atoms with Gasteiger partial charge in [0.05, 0.1) is 11.8 Å². The highest BCUT2D eigenvalue weighted by atomic mass is 79.9.